The second-order valence-electron chi connectivity index (χ2n) is 12.2. The van der Waals surface area contributed by atoms with Gasteiger partial charge in [0.1, 0.15) is 5.39 Å². The molecule has 0 spiro atoms. The van der Waals surface area contributed by atoms with Crippen molar-refractivity contribution >= 4 is 39.6 Å². The number of Topliss-reactive ketones (excluding diaryl/α,β-unsaturated/α-hetero) is 1. The summed E-state index contributed by atoms with van der Waals surface area (Å²) < 4.78 is 8.85. The van der Waals surface area contributed by atoms with Crippen LogP contribution in [0.1, 0.15) is 67.3 Å². The number of carbonyl (C=O) groups excluding carboxylic acids is 2. The van der Waals surface area contributed by atoms with Gasteiger partial charge in [-0.1, -0.05) is 48.5 Å². The van der Waals surface area contributed by atoms with Gasteiger partial charge in [0, 0.05) is 35.6 Å². The number of nitrogens with one attached hydrogen (secondary N) is 1. The van der Waals surface area contributed by atoms with E-state index in [1.807, 2.05) is 45.0 Å². The predicted molar refractivity (Wildman–Crippen MR) is 165 cm³/mol. The third-order valence-electron chi connectivity index (χ3n) is 8.35. The second kappa shape index (κ2) is 11.6. The van der Waals surface area contributed by atoms with Crippen LogP contribution in [0.25, 0.3) is 21.8 Å². The van der Waals surface area contributed by atoms with Crippen LogP contribution in [0.4, 0.5) is 4.79 Å². The van der Waals surface area contributed by atoms with E-state index in [9.17, 15) is 24.3 Å². The maximum atomic E-state index is 14.1. The second-order valence-corrected chi connectivity index (χ2v) is 12.2. The zero-order chi connectivity index (χ0) is 31.1. The van der Waals surface area contributed by atoms with Gasteiger partial charge in [0.25, 0.3) is 11.5 Å². The van der Waals surface area contributed by atoms with Crippen LogP contribution in [0, 0.1) is 0 Å². The zero-order valence-electron chi connectivity index (χ0n) is 25.2. The summed E-state index contributed by atoms with van der Waals surface area (Å²) in [6, 6.07) is 15.6. The van der Waals surface area contributed by atoms with Crippen LogP contribution in [-0.4, -0.2) is 61.7 Å². The Bertz CT molecular complexity index is 1770. The fourth-order valence-corrected chi connectivity index (χ4v) is 6.57. The number of para-hydroxylation sites is 1. The van der Waals surface area contributed by atoms with Gasteiger partial charge in [-0.2, -0.15) is 0 Å². The summed E-state index contributed by atoms with van der Waals surface area (Å²) in [7, 11) is 3.14. The van der Waals surface area contributed by atoms with E-state index in [-0.39, 0.29) is 41.2 Å². The van der Waals surface area contributed by atoms with Gasteiger partial charge in [0.2, 0.25) is 0 Å². The first kappa shape index (κ1) is 29.9. The number of hydrogen-bond acceptors (Lipinski definition) is 5. The van der Waals surface area contributed by atoms with Crippen molar-refractivity contribution in [3.63, 3.8) is 0 Å². The van der Waals surface area contributed by atoms with Gasteiger partial charge in [0.05, 0.1) is 24.7 Å². The molecular formula is C33H38N4O6. The van der Waals surface area contributed by atoms with Crippen LogP contribution in [0.2, 0.25) is 0 Å². The van der Waals surface area contributed by atoms with E-state index >= 15 is 0 Å². The number of pyridine rings is 1. The Morgan fingerprint density at radius 1 is 1.05 bits per heavy atom. The topological polar surface area (TPSA) is 123 Å². The number of aryl methyl sites for hydroxylation is 1. The molecule has 1 aliphatic rings. The van der Waals surface area contributed by atoms with Gasteiger partial charge in [-0.25, -0.2) is 4.79 Å². The average Bonchev–Trinajstić information content (AvgIpc) is 3.27. The van der Waals surface area contributed by atoms with Crippen molar-refractivity contribution < 1.29 is 24.2 Å². The molecule has 0 aliphatic heterocycles. The SMILES string of the molecule is COc1c(C(=O)NC2CCCC(N(C(=O)O)C(C)(C)C)C2)n(C)c2c1c(=O)n(CC(=O)c1ccccc1)c1ccccc21. The van der Waals surface area contributed by atoms with Crippen molar-refractivity contribution in [1.82, 2.24) is 19.4 Å². The third kappa shape index (κ3) is 5.49. The number of carboxylic acid groups (broad SMARTS) is 1. The van der Waals surface area contributed by atoms with Gasteiger partial charge in [-0.05, 0) is 52.5 Å². The van der Waals surface area contributed by atoms with Crippen LogP contribution in [0.5, 0.6) is 5.75 Å². The molecule has 4 aromatic rings. The molecule has 2 unspecified atom stereocenters. The Balaban J connectivity index is 1.55. The molecule has 1 saturated carbocycles. The molecule has 2 aromatic carbocycles. The maximum absolute atomic E-state index is 14.1. The molecule has 2 aromatic heterocycles. The normalized spacial score (nSPS) is 17.1. The van der Waals surface area contributed by atoms with Gasteiger partial charge in [-0.3, -0.25) is 19.0 Å². The lowest BCUT2D eigenvalue weighted by Gasteiger charge is -2.43. The van der Waals surface area contributed by atoms with Gasteiger partial charge >= 0.3 is 6.09 Å². The fourth-order valence-electron chi connectivity index (χ4n) is 6.57. The van der Waals surface area contributed by atoms with E-state index in [0.717, 1.165) is 12.8 Å². The number of amides is 2. The quantitative estimate of drug-likeness (QED) is 0.287. The van der Waals surface area contributed by atoms with Crippen LogP contribution in [-0.2, 0) is 13.6 Å². The summed E-state index contributed by atoms with van der Waals surface area (Å²) in [5.74, 6) is -0.479. The van der Waals surface area contributed by atoms with E-state index in [1.54, 1.807) is 41.9 Å². The number of ketones is 1. The smallest absolute Gasteiger partial charge is 0.407 e. The minimum Gasteiger partial charge on any atom is -0.493 e. The third-order valence-corrected chi connectivity index (χ3v) is 8.35. The highest BCUT2D eigenvalue weighted by molar-refractivity contribution is 6.12. The summed E-state index contributed by atoms with van der Waals surface area (Å²) in [6.45, 7) is 5.44. The molecule has 10 heteroatoms. The number of fused-ring (bicyclic) bond motifs is 3. The van der Waals surface area contributed by atoms with Crippen molar-refractivity contribution in [2.75, 3.05) is 7.11 Å². The summed E-state index contributed by atoms with van der Waals surface area (Å²) >= 11 is 0. The Hall–Kier alpha value is -4.60. The van der Waals surface area contributed by atoms with Crippen LogP contribution in [0.15, 0.2) is 59.4 Å². The highest BCUT2D eigenvalue weighted by atomic mass is 16.5. The lowest BCUT2D eigenvalue weighted by molar-refractivity contribution is 0.0508. The number of benzene rings is 2. The predicted octanol–water partition coefficient (Wildman–Crippen LogP) is 5.20. The molecule has 226 valence electrons. The molecule has 5 rings (SSSR count). The molecule has 1 aliphatic carbocycles. The van der Waals surface area contributed by atoms with Gasteiger partial charge in [0.15, 0.2) is 17.2 Å². The molecule has 2 atom stereocenters. The van der Waals surface area contributed by atoms with E-state index in [4.69, 9.17) is 4.74 Å². The van der Waals surface area contributed by atoms with Crippen molar-refractivity contribution in [2.24, 2.45) is 7.05 Å². The van der Waals surface area contributed by atoms with E-state index < -0.39 is 23.1 Å². The first-order valence-corrected chi connectivity index (χ1v) is 14.5. The summed E-state index contributed by atoms with van der Waals surface area (Å²) in [4.78, 5) is 54.7. The van der Waals surface area contributed by atoms with Crippen molar-refractivity contribution in [1.29, 1.82) is 0 Å². The summed E-state index contributed by atoms with van der Waals surface area (Å²) in [5, 5.41) is 13.9. The number of carbonyl (C=O) groups is 3. The molecule has 43 heavy (non-hydrogen) atoms. The minimum atomic E-state index is -0.978. The molecular weight excluding hydrogens is 548 g/mol. The Kier molecular flexibility index (Phi) is 8.05. The maximum Gasteiger partial charge on any atom is 0.407 e. The molecule has 2 heterocycles. The Labute approximate surface area is 249 Å². The molecule has 0 saturated heterocycles. The lowest BCUT2D eigenvalue weighted by Crippen LogP contribution is -2.54. The summed E-state index contributed by atoms with van der Waals surface area (Å²) in [5.41, 5.74) is 0.800. The lowest BCUT2D eigenvalue weighted by atomic mass is 9.87. The first-order valence-electron chi connectivity index (χ1n) is 14.5. The van der Waals surface area contributed by atoms with E-state index in [0.29, 0.717) is 34.8 Å². The van der Waals surface area contributed by atoms with Crippen molar-refractivity contribution in [3.05, 3.63) is 76.2 Å². The number of aromatic nitrogens is 2. The van der Waals surface area contributed by atoms with Crippen LogP contribution >= 0.6 is 0 Å². The molecule has 10 nitrogen and oxygen atoms in total. The number of ether oxygens (including phenoxy) is 1. The van der Waals surface area contributed by atoms with E-state index in [1.165, 1.54) is 16.6 Å². The highest BCUT2D eigenvalue weighted by Gasteiger charge is 2.37. The number of methoxy groups -OCH3 is 1. The molecule has 2 amide bonds. The first-order chi connectivity index (χ1) is 20.4. The van der Waals surface area contributed by atoms with Gasteiger partial charge in [-0.15, -0.1) is 0 Å². The monoisotopic (exact) mass is 586 g/mol. The molecule has 0 radical (unpaired) electrons. The Morgan fingerprint density at radius 2 is 1.72 bits per heavy atom. The number of rotatable bonds is 7. The standard InChI is InChI=1S/C33H38N4O6/c1-33(2,3)37(32(41)42)22-15-11-14-21(18-22)34-30(39)28-29(43-5)26-27(35(28)4)23-16-9-10-17-24(23)36(31(26)40)19-25(38)20-12-7-6-8-13-20/h6-10,12-13,16-17,21-22H,11,14-15,18-19H2,1-5H3,(H,34,39)(H,41,42). The van der Waals surface area contributed by atoms with Crippen molar-refractivity contribution in [2.45, 2.75) is 70.6 Å². The molecule has 1 fully saturated rings. The largest absolute Gasteiger partial charge is 0.493 e. The summed E-state index contributed by atoms with van der Waals surface area (Å²) in [6.07, 6.45) is 1.71. The Morgan fingerprint density at radius 3 is 2.37 bits per heavy atom. The van der Waals surface area contributed by atoms with Crippen molar-refractivity contribution in [3.8, 4) is 5.75 Å². The average molecular weight is 587 g/mol. The van der Waals surface area contributed by atoms with E-state index in [2.05, 4.69) is 5.32 Å². The molecule has 2 N–H and O–H groups in total. The molecule has 0 bridgehead atoms. The zero-order valence-corrected chi connectivity index (χ0v) is 25.2. The fraction of sp³-hybridized carbons (Fsp3) is 0.394. The van der Waals surface area contributed by atoms with Crippen LogP contribution < -0.4 is 15.6 Å². The minimum absolute atomic E-state index is 0.140. The van der Waals surface area contributed by atoms with Crippen LogP contribution in [0.3, 0.4) is 0 Å². The highest BCUT2D eigenvalue weighted by Crippen LogP contribution is 2.35. The number of hydrogen-bond donors (Lipinski definition) is 2. The van der Waals surface area contributed by atoms with Gasteiger partial charge < -0.3 is 24.6 Å². The number of nitrogens with zero attached hydrogens (tertiary/aromatic N) is 3.